The first-order chi connectivity index (χ1) is 11.1. The molecule has 5 nitrogen and oxygen atoms in total. The number of ether oxygens (including phenoxy) is 1. The monoisotopic (exact) mass is 315 g/mol. The zero-order valence-electron chi connectivity index (χ0n) is 13.8. The predicted octanol–water partition coefficient (Wildman–Crippen LogP) is 1.26. The minimum Gasteiger partial charge on any atom is -0.489 e. The second-order valence-corrected chi connectivity index (χ2v) is 6.43. The van der Waals surface area contributed by atoms with Crippen molar-refractivity contribution in [2.75, 3.05) is 39.3 Å². The molecule has 3 rings (SSSR count). The Bertz CT molecular complexity index is 587. The number of hydrogen-bond acceptors (Lipinski definition) is 4. The number of carbonyl (C=O) groups is 1. The average molecular weight is 315 g/mol. The van der Waals surface area contributed by atoms with Crippen LogP contribution in [-0.4, -0.2) is 61.1 Å². The molecule has 1 aromatic carbocycles. The maximum absolute atomic E-state index is 12.1. The topological polar surface area (TPSA) is 44.8 Å². The molecule has 1 unspecified atom stereocenters. The molecule has 1 aromatic rings. The number of rotatable bonds is 5. The number of hydrogen-bond donors (Lipinski definition) is 1. The van der Waals surface area contributed by atoms with Gasteiger partial charge in [0.05, 0.1) is 0 Å². The summed E-state index contributed by atoms with van der Waals surface area (Å²) < 4.78 is 5.85. The lowest BCUT2D eigenvalue weighted by molar-refractivity contribution is -0.131. The van der Waals surface area contributed by atoms with Gasteiger partial charge in [0.25, 0.3) is 0 Å². The first-order valence-corrected chi connectivity index (χ1v) is 8.22. The Labute approximate surface area is 137 Å². The number of para-hydroxylation sites is 1. The van der Waals surface area contributed by atoms with E-state index in [0.717, 1.165) is 50.6 Å². The van der Waals surface area contributed by atoms with E-state index < -0.39 is 0 Å². The zero-order chi connectivity index (χ0) is 16.2. The van der Waals surface area contributed by atoms with Crippen LogP contribution in [0.5, 0.6) is 5.75 Å². The summed E-state index contributed by atoms with van der Waals surface area (Å²) in [5.74, 6) is 1.07. The van der Waals surface area contributed by atoms with Gasteiger partial charge in [0.1, 0.15) is 18.4 Å². The van der Waals surface area contributed by atoms with Gasteiger partial charge < -0.3 is 10.1 Å². The van der Waals surface area contributed by atoms with Crippen LogP contribution in [0.15, 0.2) is 36.4 Å². The lowest BCUT2D eigenvalue weighted by atomic mass is 10.1. The average Bonchev–Trinajstić information content (AvgIpc) is 2.55. The van der Waals surface area contributed by atoms with E-state index in [4.69, 9.17) is 4.74 Å². The van der Waals surface area contributed by atoms with Crippen LogP contribution < -0.4 is 10.1 Å². The van der Waals surface area contributed by atoms with E-state index in [2.05, 4.69) is 27.8 Å². The van der Waals surface area contributed by atoms with Crippen molar-refractivity contribution in [3.8, 4) is 5.75 Å². The molecule has 2 saturated heterocycles. The van der Waals surface area contributed by atoms with Gasteiger partial charge in [-0.1, -0.05) is 24.8 Å². The van der Waals surface area contributed by atoms with E-state index in [9.17, 15) is 4.79 Å². The summed E-state index contributed by atoms with van der Waals surface area (Å²) in [5.41, 5.74) is 2.17. The van der Waals surface area contributed by atoms with Crippen molar-refractivity contribution in [2.24, 2.45) is 0 Å². The highest BCUT2D eigenvalue weighted by molar-refractivity contribution is 5.82. The Morgan fingerprint density at radius 1 is 1.35 bits per heavy atom. The molecule has 1 atom stereocenters. The molecule has 124 valence electrons. The molecule has 2 aliphatic rings. The van der Waals surface area contributed by atoms with Gasteiger partial charge in [-0.3, -0.25) is 14.6 Å². The SMILES string of the molecule is C=C(C)COc1ccccc1CN1CCN2CCNC(=O)C2C1. The van der Waals surface area contributed by atoms with Gasteiger partial charge >= 0.3 is 0 Å². The lowest BCUT2D eigenvalue weighted by Gasteiger charge is -2.43. The van der Waals surface area contributed by atoms with Gasteiger partial charge in [-0.25, -0.2) is 0 Å². The second kappa shape index (κ2) is 7.15. The largest absolute Gasteiger partial charge is 0.489 e. The Kier molecular flexibility index (Phi) is 4.98. The van der Waals surface area contributed by atoms with Crippen molar-refractivity contribution in [1.82, 2.24) is 15.1 Å². The highest BCUT2D eigenvalue weighted by Crippen LogP contribution is 2.22. The predicted molar refractivity (Wildman–Crippen MR) is 90.4 cm³/mol. The van der Waals surface area contributed by atoms with Crippen molar-refractivity contribution >= 4 is 5.91 Å². The number of fused-ring (bicyclic) bond motifs is 1. The summed E-state index contributed by atoms with van der Waals surface area (Å²) >= 11 is 0. The fourth-order valence-electron chi connectivity index (χ4n) is 3.19. The molecule has 1 N–H and O–H groups in total. The molecule has 0 saturated carbocycles. The maximum Gasteiger partial charge on any atom is 0.238 e. The summed E-state index contributed by atoms with van der Waals surface area (Å²) in [6, 6.07) is 8.11. The highest BCUT2D eigenvalue weighted by atomic mass is 16.5. The molecule has 23 heavy (non-hydrogen) atoms. The third kappa shape index (κ3) is 3.92. The van der Waals surface area contributed by atoms with E-state index in [0.29, 0.717) is 6.61 Å². The van der Waals surface area contributed by atoms with Gasteiger partial charge in [-0.15, -0.1) is 0 Å². The molecular weight excluding hydrogens is 290 g/mol. The van der Waals surface area contributed by atoms with Gasteiger partial charge in [0.2, 0.25) is 5.91 Å². The number of benzene rings is 1. The van der Waals surface area contributed by atoms with E-state index >= 15 is 0 Å². The quantitative estimate of drug-likeness (QED) is 0.831. The van der Waals surface area contributed by atoms with Crippen LogP contribution in [-0.2, 0) is 11.3 Å². The molecule has 0 bridgehead atoms. The number of amides is 1. The van der Waals surface area contributed by atoms with Gasteiger partial charge in [-0.05, 0) is 18.6 Å². The van der Waals surface area contributed by atoms with Gasteiger partial charge in [0.15, 0.2) is 0 Å². The molecule has 2 fully saturated rings. The van der Waals surface area contributed by atoms with Crippen LogP contribution in [0.4, 0.5) is 0 Å². The summed E-state index contributed by atoms with van der Waals surface area (Å²) in [4.78, 5) is 16.7. The first kappa shape index (κ1) is 16.0. The minimum atomic E-state index is -0.0130. The normalized spacial score (nSPS) is 22.3. The molecule has 5 heteroatoms. The Morgan fingerprint density at radius 2 is 2.17 bits per heavy atom. The third-order valence-electron chi connectivity index (χ3n) is 4.42. The van der Waals surface area contributed by atoms with Gasteiger partial charge in [-0.2, -0.15) is 0 Å². The van der Waals surface area contributed by atoms with E-state index in [1.165, 1.54) is 5.56 Å². The fraction of sp³-hybridized carbons (Fsp3) is 0.500. The minimum absolute atomic E-state index is 0.0130. The van der Waals surface area contributed by atoms with Crippen molar-refractivity contribution in [2.45, 2.75) is 19.5 Å². The van der Waals surface area contributed by atoms with Crippen molar-refractivity contribution in [1.29, 1.82) is 0 Å². The Morgan fingerprint density at radius 3 is 3.00 bits per heavy atom. The number of piperazine rings is 2. The summed E-state index contributed by atoms with van der Waals surface area (Å²) in [6.07, 6.45) is 0. The second-order valence-electron chi connectivity index (χ2n) is 6.43. The molecule has 2 aliphatic heterocycles. The Balaban J connectivity index is 1.65. The molecule has 1 amide bonds. The van der Waals surface area contributed by atoms with Crippen LogP contribution in [0.3, 0.4) is 0 Å². The van der Waals surface area contributed by atoms with Crippen LogP contribution in [0, 0.1) is 0 Å². The van der Waals surface area contributed by atoms with Crippen LogP contribution in [0.25, 0.3) is 0 Å². The third-order valence-corrected chi connectivity index (χ3v) is 4.42. The fourth-order valence-corrected chi connectivity index (χ4v) is 3.19. The van der Waals surface area contributed by atoms with Crippen LogP contribution in [0.2, 0.25) is 0 Å². The standard InChI is InChI=1S/C18H25N3O2/c1-14(2)13-23-17-6-4-3-5-15(17)11-20-9-10-21-8-7-19-18(22)16(21)12-20/h3-6,16H,1,7-13H2,2H3,(H,19,22). The first-order valence-electron chi connectivity index (χ1n) is 8.22. The molecule has 0 spiro atoms. The number of nitrogens with one attached hydrogen (secondary N) is 1. The number of nitrogens with zero attached hydrogens (tertiary/aromatic N) is 2. The van der Waals surface area contributed by atoms with Gasteiger partial charge in [0, 0.05) is 44.8 Å². The molecule has 0 radical (unpaired) electrons. The molecule has 2 heterocycles. The molecule has 0 aromatic heterocycles. The molecular formula is C18H25N3O2. The van der Waals surface area contributed by atoms with Crippen molar-refractivity contribution in [3.63, 3.8) is 0 Å². The zero-order valence-corrected chi connectivity index (χ0v) is 13.8. The lowest BCUT2D eigenvalue weighted by Crippen LogP contribution is -2.63. The summed E-state index contributed by atoms with van der Waals surface area (Å²) in [7, 11) is 0. The van der Waals surface area contributed by atoms with Crippen LogP contribution >= 0.6 is 0 Å². The highest BCUT2D eigenvalue weighted by Gasteiger charge is 2.34. The summed E-state index contributed by atoms with van der Waals surface area (Å²) in [5, 5.41) is 2.97. The smallest absolute Gasteiger partial charge is 0.238 e. The number of carbonyl (C=O) groups excluding carboxylic acids is 1. The summed E-state index contributed by atoms with van der Waals surface area (Å²) in [6.45, 7) is 11.6. The van der Waals surface area contributed by atoms with Crippen LogP contribution in [0.1, 0.15) is 12.5 Å². The maximum atomic E-state index is 12.1. The van der Waals surface area contributed by atoms with Crippen molar-refractivity contribution < 1.29 is 9.53 Å². The van der Waals surface area contributed by atoms with E-state index in [1.807, 2.05) is 25.1 Å². The molecule has 0 aliphatic carbocycles. The Hall–Kier alpha value is -1.85. The van der Waals surface area contributed by atoms with E-state index in [1.54, 1.807) is 0 Å². The van der Waals surface area contributed by atoms with Crippen molar-refractivity contribution in [3.05, 3.63) is 42.0 Å². The van der Waals surface area contributed by atoms with E-state index in [-0.39, 0.29) is 11.9 Å².